The van der Waals surface area contributed by atoms with E-state index in [-0.39, 0.29) is 5.91 Å². The van der Waals surface area contributed by atoms with Crippen LogP contribution in [0.5, 0.6) is 0 Å². The summed E-state index contributed by atoms with van der Waals surface area (Å²) in [6.45, 7) is 7.26. The fourth-order valence-corrected chi connectivity index (χ4v) is 1.88. The Bertz CT molecular complexity index is 652. The number of carbonyl (C=O) groups is 1. The third kappa shape index (κ3) is 3.12. The van der Waals surface area contributed by atoms with E-state index in [1.54, 1.807) is 6.20 Å². The molecular formula is C15H18N4O. The molecule has 0 radical (unpaired) electrons. The molecule has 5 heteroatoms. The first-order valence-corrected chi connectivity index (χ1v) is 6.42. The van der Waals surface area contributed by atoms with Crippen molar-refractivity contribution in [2.24, 2.45) is 0 Å². The highest BCUT2D eigenvalue weighted by Gasteiger charge is 2.08. The molecule has 1 heterocycles. The Hall–Kier alpha value is -2.43. The van der Waals surface area contributed by atoms with Crippen LogP contribution in [-0.4, -0.2) is 15.9 Å². The number of amides is 1. The molecule has 0 bridgehead atoms. The van der Waals surface area contributed by atoms with E-state index in [0.29, 0.717) is 5.82 Å². The van der Waals surface area contributed by atoms with Crippen molar-refractivity contribution < 1.29 is 4.79 Å². The van der Waals surface area contributed by atoms with Crippen LogP contribution in [0.15, 0.2) is 24.4 Å². The normalized spacial score (nSPS) is 10.2. The lowest BCUT2D eigenvalue weighted by atomic mass is 10.1. The van der Waals surface area contributed by atoms with Gasteiger partial charge in [-0.05, 0) is 38.5 Å². The monoisotopic (exact) mass is 270 g/mol. The average Bonchev–Trinajstić information content (AvgIpc) is 2.38. The molecule has 0 spiro atoms. The molecule has 0 aliphatic rings. The molecule has 1 amide bonds. The minimum Gasteiger partial charge on any atom is -0.340 e. The number of hydrogen-bond acceptors (Lipinski definition) is 4. The van der Waals surface area contributed by atoms with E-state index in [1.807, 2.05) is 39.0 Å². The predicted molar refractivity (Wildman–Crippen MR) is 80.3 cm³/mol. The summed E-state index contributed by atoms with van der Waals surface area (Å²) in [5, 5.41) is 6.11. The number of nitrogens with zero attached hydrogens (tertiary/aromatic N) is 2. The number of aryl methyl sites for hydroxylation is 2. The van der Waals surface area contributed by atoms with Crippen LogP contribution in [0.2, 0.25) is 0 Å². The van der Waals surface area contributed by atoms with Gasteiger partial charge in [0.1, 0.15) is 11.6 Å². The maximum atomic E-state index is 11.2. The zero-order chi connectivity index (χ0) is 14.7. The quantitative estimate of drug-likeness (QED) is 0.899. The molecule has 0 saturated heterocycles. The van der Waals surface area contributed by atoms with Gasteiger partial charge in [-0.3, -0.25) is 4.79 Å². The number of nitrogens with one attached hydrogen (secondary N) is 2. The Morgan fingerprint density at radius 2 is 1.85 bits per heavy atom. The number of benzene rings is 1. The topological polar surface area (TPSA) is 66.9 Å². The Kier molecular flexibility index (Phi) is 3.98. The van der Waals surface area contributed by atoms with Crippen LogP contribution in [-0.2, 0) is 4.79 Å². The van der Waals surface area contributed by atoms with Crippen LogP contribution in [0.4, 0.5) is 17.2 Å². The Morgan fingerprint density at radius 1 is 1.15 bits per heavy atom. The molecule has 104 valence electrons. The van der Waals surface area contributed by atoms with Crippen molar-refractivity contribution in [2.45, 2.75) is 27.7 Å². The molecule has 0 saturated carbocycles. The van der Waals surface area contributed by atoms with Gasteiger partial charge in [-0.2, -0.15) is 0 Å². The molecule has 5 nitrogen and oxygen atoms in total. The maximum absolute atomic E-state index is 11.2. The summed E-state index contributed by atoms with van der Waals surface area (Å²) in [6, 6.07) is 5.72. The molecule has 0 aliphatic heterocycles. The predicted octanol–water partition coefficient (Wildman–Crippen LogP) is 3.10. The number of anilines is 3. The highest BCUT2D eigenvalue weighted by molar-refractivity contribution is 5.90. The van der Waals surface area contributed by atoms with Crippen molar-refractivity contribution in [1.29, 1.82) is 0 Å². The zero-order valence-corrected chi connectivity index (χ0v) is 12.1. The smallest absolute Gasteiger partial charge is 0.221 e. The van der Waals surface area contributed by atoms with Crippen LogP contribution in [0.25, 0.3) is 0 Å². The third-order valence-corrected chi connectivity index (χ3v) is 2.99. The summed E-state index contributed by atoms with van der Waals surface area (Å²) in [6.07, 6.45) is 1.79. The molecular weight excluding hydrogens is 252 g/mol. The van der Waals surface area contributed by atoms with Gasteiger partial charge >= 0.3 is 0 Å². The third-order valence-electron chi connectivity index (χ3n) is 2.99. The standard InChI is InChI=1S/C15H18N4O/c1-9-8-16-11(3)17-15(9)19-14-7-5-6-13(10(14)2)18-12(4)20/h5-8H,1-4H3,(H,18,20)(H,16,17,19). The molecule has 0 atom stereocenters. The van der Waals surface area contributed by atoms with Gasteiger partial charge in [-0.25, -0.2) is 9.97 Å². The largest absolute Gasteiger partial charge is 0.340 e. The lowest BCUT2D eigenvalue weighted by molar-refractivity contribution is -0.114. The average molecular weight is 270 g/mol. The second-order valence-electron chi connectivity index (χ2n) is 4.73. The van der Waals surface area contributed by atoms with Crippen LogP contribution < -0.4 is 10.6 Å². The first-order valence-electron chi connectivity index (χ1n) is 6.42. The molecule has 2 rings (SSSR count). The van der Waals surface area contributed by atoms with Gasteiger partial charge in [0.25, 0.3) is 0 Å². The molecule has 20 heavy (non-hydrogen) atoms. The van der Waals surface area contributed by atoms with Gasteiger partial charge in [0, 0.05) is 30.1 Å². The second-order valence-corrected chi connectivity index (χ2v) is 4.73. The van der Waals surface area contributed by atoms with Crippen molar-refractivity contribution in [3.8, 4) is 0 Å². The van der Waals surface area contributed by atoms with Gasteiger partial charge in [0.2, 0.25) is 5.91 Å². The van der Waals surface area contributed by atoms with Crippen molar-refractivity contribution in [3.05, 3.63) is 41.3 Å². The molecule has 0 unspecified atom stereocenters. The zero-order valence-electron chi connectivity index (χ0n) is 12.1. The van der Waals surface area contributed by atoms with Gasteiger partial charge in [-0.1, -0.05) is 6.07 Å². The van der Waals surface area contributed by atoms with E-state index in [1.165, 1.54) is 6.92 Å². The summed E-state index contributed by atoms with van der Waals surface area (Å²) in [5.41, 5.74) is 3.65. The summed E-state index contributed by atoms with van der Waals surface area (Å²) in [5.74, 6) is 1.41. The van der Waals surface area contributed by atoms with E-state index in [4.69, 9.17) is 0 Å². The molecule has 2 N–H and O–H groups in total. The van der Waals surface area contributed by atoms with Crippen molar-refractivity contribution in [3.63, 3.8) is 0 Å². The number of aromatic nitrogens is 2. The van der Waals surface area contributed by atoms with Crippen LogP contribution in [0, 0.1) is 20.8 Å². The minimum absolute atomic E-state index is 0.0840. The SMILES string of the molecule is CC(=O)Nc1cccc(Nc2nc(C)ncc2C)c1C. The summed E-state index contributed by atoms with van der Waals surface area (Å²) < 4.78 is 0. The van der Waals surface area contributed by atoms with Crippen LogP contribution in [0.3, 0.4) is 0 Å². The molecule has 0 aliphatic carbocycles. The summed E-state index contributed by atoms with van der Waals surface area (Å²) >= 11 is 0. The van der Waals surface area contributed by atoms with E-state index in [9.17, 15) is 4.79 Å². The first-order chi connectivity index (χ1) is 9.47. The van der Waals surface area contributed by atoms with Crippen LogP contribution in [0.1, 0.15) is 23.9 Å². The first kappa shape index (κ1) is 14.0. The Balaban J connectivity index is 2.34. The van der Waals surface area contributed by atoms with Crippen LogP contribution >= 0.6 is 0 Å². The summed E-state index contributed by atoms with van der Waals surface area (Å²) in [7, 11) is 0. The Morgan fingerprint density at radius 3 is 2.55 bits per heavy atom. The van der Waals surface area contributed by atoms with Crippen molar-refractivity contribution in [2.75, 3.05) is 10.6 Å². The highest BCUT2D eigenvalue weighted by Crippen LogP contribution is 2.26. The molecule has 1 aromatic carbocycles. The summed E-state index contributed by atoms with van der Waals surface area (Å²) in [4.78, 5) is 19.7. The van der Waals surface area contributed by atoms with E-state index in [0.717, 1.165) is 28.3 Å². The lowest BCUT2D eigenvalue weighted by Gasteiger charge is -2.14. The van der Waals surface area contributed by atoms with Gasteiger partial charge in [-0.15, -0.1) is 0 Å². The fraction of sp³-hybridized carbons (Fsp3) is 0.267. The fourth-order valence-electron chi connectivity index (χ4n) is 1.88. The lowest BCUT2D eigenvalue weighted by Crippen LogP contribution is -2.08. The minimum atomic E-state index is -0.0840. The number of rotatable bonds is 3. The molecule has 1 aromatic heterocycles. The number of hydrogen-bond donors (Lipinski definition) is 2. The van der Waals surface area contributed by atoms with Gasteiger partial charge in [0.05, 0.1) is 0 Å². The van der Waals surface area contributed by atoms with Gasteiger partial charge in [0.15, 0.2) is 0 Å². The van der Waals surface area contributed by atoms with Crippen molar-refractivity contribution >= 4 is 23.1 Å². The second kappa shape index (κ2) is 5.69. The van der Waals surface area contributed by atoms with E-state index < -0.39 is 0 Å². The van der Waals surface area contributed by atoms with E-state index >= 15 is 0 Å². The maximum Gasteiger partial charge on any atom is 0.221 e. The Labute approximate surface area is 118 Å². The van der Waals surface area contributed by atoms with Crippen molar-refractivity contribution in [1.82, 2.24) is 9.97 Å². The molecule has 2 aromatic rings. The van der Waals surface area contributed by atoms with E-state index in [2.05, 4.69) is 20.6 Å². The van der Waals surface area contributed by atoms with Gasteiger partial charge < -0.3 is 10.6 Å². The highest BCUT2D eigenvalue weighted by atomic mass is 16.1. The number of carbonyl (C=O) groups excluding carboxylic acids is 1. The molecule has 0 fully saturated rings.